The topological polar surface area (TPSA) is 44.0 Å². The van der Waals surface area contributed by atoms with Crippen LogP contribution >= 0.6 is 22.6 Å². The molecule has 2 rings (SSSR count). The molecule has 1 fully saturated rings. The van der Waals surface area contributed by atoms with Gasteiger partial charge in [-0.3, -0.25) is 0 Å². The third-order valence-corrected chi connectivity index (χ3v) is 4.54. The number of halogens is 1. The van der Waals surface area contributed by atoms with Gasteiger partial charge in [-0.1, -0.05) is 19.8 Å². The molecule has 17 heavy (non-hydrogen) atoms. The molecule has 3 heteroatoms. The second kappa shape index (κ2) is 5.26. The van der Waals surface area contributed by atoms with Crippen LogP contribution in [-0.4, -0.2) is 5.11 Å². The predicted octanol–water partition coefficient (Wildman–Crippen LogP) is 4.16. The summed E-state index contributed by atoms with van der Waals surface area (Å²) in [6.07, 6.45) is 4.93. The van der Waals surface area contributed by atoms with Crippen molar-refractivity contribution in [2.24, 2.45) is 5.92 Å². The molecule has 0 unspecified atom stereocenters. The Labute approximate surface area is 116 Å². The van der Waals surface area contributed by atoms with E-state index in [4.69, 9.17) is 5.26 Å². The summed E-state index contributed by atoms with van der Waals surface area (Å²) in [4.78, 5) is 0. The van der Waals surface area contributed by atoms with Crippen LogP contribution in [-0.2, 0) is 0 Å². The maximum Gasteiger partial charge on any atom is 0.134 e. The summed E-state index contributed by atoms with van der Waals surface area (Å²) in [6, 6.07) is 5.88. The van der Waals surface area contributed by atoms with Gasteiger partial charge >= 0.3 is 0 Å². The molecule has 0 saturated heterocycles. The lowest BCUT2D eigenvalue weighted by atomic mass is 9.79. The summed E-state index contributed by atoms with van der Waals surface area (Å²) in [7, 11) is 0. The summed E-state index contributed by atoms with van der Waals surface area (Å²) in [6.45, 7) is 2.30. The Morgan fingerprint density at radius 3 is 2.47 bits per heavy atom. The monoisotopic (exact) mass is 341 g/mol. The quantitative estimate of drug-likeness (QED) is 0.780. The largest absolute Gasteiger partial charge is 0.507 e. The van der Waals surface area contributed by atoms with Crippen LogP contribution in [0.5, 0.6) is 5.75 Å². The van der Waals surface area contributed by atoms with Crippen molar-refractivity contribution in [2.75, 3.05) is 0 Å². The van der Waals surface area contributed by atoms with Gasteiger partial charge in [0.2, 0.25) is 0 Å². The number of aromatic hydroxyl groups is 1. The summed E-state index contributed by atoms with van der Waals surface area (Å²) < 4.78 is 0.860. The molecule has 0 bridgehead atoms. The first-order valence-corrected chi connectivity index (χ1v) is 7.12. The summed E-state index contributed by atoms with van der Waals surface area (Å²) in [5, 5.41) is 18.7. The van der Waals surface area contributed by atoms with E-state index in [1.54, 1.807) is 6.07 Å². The SMILES string of the molecule is CC1CCC(c2cc(O)c(C#N)c(I)c2)CC1. The number of hydrogen-bond acceptors (Lipinski definition) is 2. The summed E-state index contributed by atoms with van der Waals surface area (Å²) in [5.74, 6) is 1.52. The molecule has 1 aromatic carbocycles. The van der Waals surface area contributed by atoms with E-state index in [0.29, 0.717) is 11.5 Å². The Hall–Kier alpha value is -0.760. The zero-order chi connectivity index (χ0) is 12.4. The lowest BCUT2D eigenvalue weighted by Gasteiger charge is -2.26. The highest BCUT2D eigenvalue weighted by atomic mass is 127. The smallest absolute Gasteiger partial charge is 0.134 e. The van der Waals surface area contributed by atoms with E-state index in [1.165, 1.54) is 31.2 Å². The van der Waals surface area contributed by atoms with Gasteiger partial charge < -0.3 is 5.11 Å². The van der Waals surface area contributed by atoms with Crippen LogP contribution in [0.4, 0.5) is 0 Å². The third kappa shape index (κ3) is 2.74. The van der Waals surface area contributed by atoms with Crippen molar-refractivity contribution < 1.29 is 5.11 Å². The van der Waals surface area contributed by atoms with E-state index in [-0.39, 0.29) is 5.75 Å². The van der Waals surface area contributed by atoms with Crippen LogP contribution in [0.25, 0.3) is 0 Å². The van der Waals surface area contributed by atoms with Gasteiger partial charge in [0, 0.05) is 3.57 Å². The lowest BCUT2D eigenvalue weighted by Crippen LogP contribution is -2.11. The minimum atomic E-state index is 0.132. The lowest BCUT2D eigenvalue weighted by molar-refractivity contribution is 0.347. The molecule has 1 aliphatic rings. The summed E-state index contributed by atoms with van der Waals surface area (Å²) in [5.41, 5.74) is 1.59. The average molecular weight is 341 g/mol. The molecule has 1 aromatic rings. The Morgan fingerprint density at radius 1 is 1.29 bits per heavy atom. The Kier molecular flexibility index (Phi) is 3.93. The Bertz CT molecular complexity index is 433. The van der Waals surface area contributed by atoms with E-state index < -0.39 is 0 Å². The first-order valence-electron chi connectivity index (χ1n) is 6.04. The van der Waals surface area contributed by atoms with E-state index >= 15 is 0 Å². The van der Waals surface area contributed by atoms with Crippen LogP contribution < -0.4 is 0 Å². The second-order valence-electron chi connectivity index (χ2n) is 4.97. The highest BCUT2D eigenvalue weighted by Crippen LogP contribution is 2.38. The van der Waals surface area contributed by atoms with Crippen molar-refractivity contribution in [3.8, 4) is 11.8 Å². The molecule has 0 aliphatic heterocycles. The van der Waals surface area contributed by atoms with Crippen molar-refractivity contribution in [3.05, 3.63) is 26.8 Å². The standard InChI is InChI=1S/C14H16INO/c1-9-2-4-10(5-3-9)11-6-13(15)12(8-16)14(17)7-11/h6-7,9-10,17H,2-5H2,1H3. The first-order chi connectivity index (χ1) is 8.11. The molecule has 2 nitrogen and oxygen atoms in total. The fourth-order valence-electron chi connectivity index (χ4n) is 2.55. The van der Waals surface area contributed by atoms with Gasteiger partial charge in [0.25, 0.3) is 0 Å². The van der Waals surface area contributed by atoms with E-state index in [0.717, 1.165) is 9.49 Å². The minimum absolute atomic E-state index is 0.132. The molecular formula is C14H16INO. The maximum atomic E-state index is 9.83. The van der Waals surface area contributed by atoms with E-state index in [2.05, 4.69) is 35.6 Å². The van der Waals surface area contributed by atoms with Gasteiger partial charge in [0.05, 0.1) is 0 Å². The molecule has 0 heterocycles. The Balaban J connectivity index is 2.26. The van der Waals surface area contributed by atoms with Crippen LogP contribution in [0, 0.1) is 20.8 Å². The van der Waals surface area contributed by atoms with Gasteiger partial charge in [-0.15, -0.1) is 0 Å². The van der Waals surface area contributed by atoms with Gasteiger partial charge in [-0.2, -0.15) is 5.26 Å². The molecule has 0 atom stereocenters. The normalized spacial score (nSPS) is 24.3. The number of nitriles is 1. The van der Waals surface area contributed by atoms with Crippen molar-refractivity contribution >= 4 is 22.6 Å². The number of nitrogens with zero attached hydrogens (tertiary/aromatic N) is 1. The molecule has 1 saturated carbocycles. The molecule has 0 radical (unpaired) electrons. The molecule has 0 amide bonds. The zero-order valence-electron chi connectivity index (χ0n) is 9.91. The van der Waals surface area contributed by atoms with Crippen LogP contribution in [0.15, 0.2) is 12.1 Å². The minimum Gasteiger partial charge on any atom is -0.507 e. The van der Waals surface area contributed by atoms with Gasteiger partial charge in [-0.25, -0.2) is 0 Å². The molecule has 0 aromatic heterocycles. The second-order valence-corrected chi connectivity index (χ2v) is 6.13. The maximum absolute atomic E-state index is 9.83. The average Bonchev–Trinajstić information content (AvgIpc) is 2.29. The predicted molar refractivity (Wildman–Crippen MR) is 75.9 cm³/mol. The molecular weight excluding hydrogens is 325 g/mol. The van der Waals surface area contributed by atoms with Crippen molar-refractivity contribution in [2.45, 2.75) is 38.5 Å². The fourth-order valence-corrected chi connectivity index (χ4v) is 3.31. The van der Waals surface area contributed by atoms with Crippen LogP contribution in [0.1, 0.15) is 49.7 Å². The van der Waals surface area contributed by atoms with E-state index in [9.17, 15) is 5.11 Å². The number of phenolic OH excluding ortho intramolecular Hbond substituents is 1. The highest BCUT2D eigenvalue weighted by molar-refractivity contribution is 14.1. The van der Waals surface area contributed by atoms with Crippen molar-refractivity contribution in [1.82, 2.24) is 0 Å². The number of benzene rings is 1. The fraction of sp³-hybridized carbons (Fsp3) is 0.500. The van der Waals surface area contributed by atoms with Gasteiger partial charge in [0.15, 0.2) is 0 Å². The third-order valence-electron chi connectivity index (χ3n) is 3.69. The molecule has 90 valence electrons. The summed E-state index contributed by atoms with van der Waals surface area (Å²) >= 11 is 2.13. The number of rotatable bonds is 1. The molecule has 0 spiro atoms. The van der Waals surface area contributed by atoms with Crippen LogP contribution in [0.3, 0.4) is 0 Å². The zero-order valence-corrected chi connectivity index (χ0v) is 12.1. The number of hydrogen-bond donors (Lipinski definition) is 1. The molecule has 1 N–H and O–H groups in total. The van der Waals surface area contributed by atoms with Crippen molar-refractivity contribution in [3.63, 3.8) is 0 Å². The van der Waals surface area contributed by atoms with Gasteiger partial charge in [0.1, 0.15) is 17.4 Å². The first kappa shape index (κ1) is 12.7. The van der Waals surface area contributed by atoms with E-state index in [1.807, 2.05) is 6.07 Å². The molecule has 1 aliphatic carbocycles. The van der Waals surface area contributed by atoms with Crippen molar-refractivity contribution in [1.29, 1.82) is 5.26 Å². The van der Waals surface area contributed by atoms with Gasteiger partial charge in [-0.05, 0) is 65.0 Å². The highest BCUT2D eigenvalue weighted by Gasteiger charge is 2.21. The van der Waals surface area contributed by atoms with Crippen LogP contribution in [0.2, 0.25) is 0 Å². The Morgan fingerprint density at radius 2 is 1.94 bits per heavy atom. The number of phenols is 1.